The van der Waals surface area contributed by atoms with Crippen LogP contribution in [0.3, 0.4) is 0 Å². The van der Waals surface area contributed by atoms with E-state index in [1.807, 2.05) is 0 Å². The highest BCUT2D eigenvalue weighted by Gasteiger charge is 2.36. The molecule has 2 amide bonds. The summed E-state index contributed by atoms with van der Waals surface area (Å²) in [4.78, 5) is 25.7. The molecule has 0 aliphatic carbocycles. The molecule has 156 valence electrons. The molecule has 1 aromatic rings. The Morgan fingerprint density at radius 2 is 2.14 bits per heavy atom. The second-order valence-electron chi connectivity index (χ2n) is 7.49. The molecule has 10 nitrogen and oxygen atoms in total. The molecule has 3 aliphatic heterocycles. The van der Waals surface area contributed by atoms with Crippen LogP contribution in [-0.4, -0.2) is 77.4 Å². The van der Waals surface area contributed by atoms with Crippen molar-refractivity contribution in [3.8, 4) is 11.5 Å². The Labute approximate surface area is 167 Å². The molecule has 4 rings (SSSR count). The lowest BCUT2D eigenvalue weighted by molar-refractivity contribution is -0.142. The number of hydrogen-bond donors (Lipinski definition) is 5. The zero-order valence-electron chi connectivity index (χ0n) is 15.8. The van der Waals surface area contributed by atoms with Crippen molar-refractivity contribution in [2.75, 3.05) is 26.2 Å². The summed E-state index contributed by atoms with van der Waals surface area (Å²) in [7, 11) is -1.00. The fraction of sp³-hybridized carbons (Fsp3) is 0.556. The summed E-state index contributed by atoms with van der Waals surface area (Å²) in [5.74, 6) is 0.172. The number of nitrogens with one attached hydrogen (secondary N) is 2. The molecule has 5 N–H and O–H groups in total. The van der Waals surface area contributed by atoms with Crippen molar-refractivity contribution >= 4 is 18.9 Å². The highest BCUT2D eigenvalue weighted by molar-refractivity contribution is 6.44. The molecule has 0 aromatic heterocycles. The van der Waals surface area contributed by atoms with Gasteiger partial charge in [0.15, 0.2) is 6.29 Å². The molecular formula is C18H24BN3O7. The van der Waals surface area contributed by atoms with E-state index in [1.165, 1.54) is 0 Å². The van der Waals surface area contributed by atoms with Crippen LogP contribution in [0.5, 0.6) is 11.5 Å². The molecule has 3 aliphatic rings. The average molecular weight is 405 g/mol. The zero-order chi connectivity index (χ0) is 20.5. The predicted molar refractivity (Wildman–Crippen MR) is 101 cm³/mol. The third kappa shape index (κ3) is 4.18. The summed E-state index contributed by atoms with van der Waals surface area (Å²) in [5, 5.41) is 35.1. The van der Waals surface area contributed by atoms with Gasteiger partial charge < -0.3 is 40.2 Å². The molecule has 0 spiro atoms. The lowest BCUT2D eigenvalue weighted by atomic mass is 9.78. The van der Waals surface area contributed by atoms with Crippen LogP contribution >= 0.6 is 0 Å². The van der Waals surface area contributed by atoms with Crippen molar-refractivity contribution in [2.45, 2.75) is 37.6 Å². The van der Waals surface area contributed by atoms with Gasteiger partial charge in [-0.25, -0.2) is 0 Å². The Balaban J connectivity index is 1.37. The Kier molecular flexibility index (Phi) is 5.64. The van der Waals surface area contributed by atoms with Crippen LogP contribution in [0.15, 0.2) is 12.1 Å². The fourth-order valence-corrected chi connectivity index (χ4v) is 3.80. The first-order valence-electron chi connectivity index (χ1n) is 9.74. The number of aryl methyl sites for hydroxylation is 1. The third-order valence-corrected chi connectivity index (χ3v) is 5.41. The van der Waals surface area contributed by atoms with Crippen LogP contribution in [0.4, 0.5) is 0 Å². The van der Waals surface area contributed by atoms with Crippen LogP contribution in [-0.2, 0) is 16.0 Å². The molecule has 1 aromatic carbocycles. The maximum absolute atomic E-state index is 12.4. The number of ether oxygens (including phenoxy) is 1. The number of hydrogen-bond acceptors (Lipinski definition) is 8. The number of fused-ring (bicyclic) bond motifs is 1. The number of amides is 2. The molecule has 0 bridgehead atoms. The predicted octanol–water partition coefficient (Wildman–Crippen LogP) is -1.85. The molecule has 2 fully saturated rings. The minimum absolute atomic E-state index is 0.0779. The maximum atomic E-state index is 12.4. The highest BCUT2D eigenvalue weighted by atomic mass is 16.5. The molecule has 11 heteroatoms. The second-order valence-corrected chi connectivity index (χ2v) is 7.49. The van der Waals surface area contributed by atoms with Crippen molar-refractivity contribution in [1.29, 1.82) is 0 Å². The van der Waals surface area contributed by atoms with Crippen LogP contribution in [0.1, 0.15) is 23.8 Å². The molecule has 3 heterocycles. The van der Waals surface area contributed by atoms with E-state index in [4.69, 9.17) is 9.39 Å². The van der Waals surface area contributed by atoms with E-state index in [2.05, 4.69) is 10.6 Å². The van der Waals surface area contributed by atoms with Gasteiger partial charge in [-0.15, -0.1) is 0 Å². The minimum atomic E-state index is -1.82. The number of carbonyl (C=O) groups excluding carboxylic acids is 2. The first kappa shape index (κ1) is 20.0. The van der Waals surface area contributed by atoms with E-state index in [0.29, 0.717) is 38.9 Å². The fourth-order valence-electron chi connectivity index (χ4n) is 3.80. The molecule has 29 heavy (non-hydrogen) atoms. The van der Waals surface area contributed by atoms with Crippen molar-refractivity contribution in [1.82, 2.24) is 15.5 Å². The Hall–Kier alpha value is -2.34. The van der Waals surface area contributed by atoms with E-state index in [9.17, 15) is 24.8 Å². The summed E-state index contributed by atoms with van der Waals surface area (Å²) in [5.41, 5.74) is 0.850. The molecular weight excluding hydrogens is 381 g/mol. The number of carbonyl (C=O) groups is 2. The summed E-state index contributed by atoms with van der Waals surface area (Å²) < 4.78 is 11.3. The zero-order valence-corrected chi connectivity index (χ0v) is 15.8. The standard InChI is InChI=1S/C18H24BN3O7/c23-14(7-12-17(24)21-6-5-20-12)22-8-11(9-22)28-13-2-1-10-3-4-19(27)29-16(10)15(13)18(25)26/h1-2,11-12,18,20,25-27H,3-9H2,(H,21,24). The van der Waals surface area contributed by atoms with Gasteiger partial charge in [0.1, 0.15) is 17.6 Å². The van der Waals surface area contributed by atoms with Gasteiger partial charge in [0.05, 0.1) is 31.1 Å². The van der Waals surface area contributed by atoms with E-state index >= 15 is 0 Å². The molecule has 1 atom stereocenters. The highest BCUT2D eigenvalue weighted by Crippen LogP contribution is 2.40. The summed E-state index contributed by atoms with van der Waals surface area (Å²) in [6.07, 6.45) is -1.05. The number of piperazine rings is 1. The molecule has 0 saturated carbocycles. The lowest BCUT2D eigenvalue weighted by Gasteiger charge is -2.40. The first-order valence-corrected chi connectivity index (χ1v) is 9.74. The SMILES string of the molecule is O=C1NCCNC1CC(=O)N1CC(Oc2ccc3c(c2C(O)O)OB(O)CC3)C1. The minimum Gasteiger partial charge on any atom is -0.535 e. The molecule has 1 unspecified atom stereocenters. The smallest absolute Gasteiger partial charge is 0.522 e. The van der Waals surface area contributed by atoms with Gasteiger partial charge in [0.25, 0.3) is 0 Å². The number of likely N-dealkylation sites (tertiary alicyclic amines) is 1. The average Bonchev–Trinajstić information content (AvgIpc) is 2.65. The normalized spacial score (nSPS) is 21.9. The van der Waals surface area contributed by atoms with Gasteiger partial charge in [-0.1, -0.05) is 6.07 Å². The van der Waals surface area contributed by atoms with Crippen LogP contribution in [0.25, 0.3) is 0 Å². The van der Waals surface area contributed by atoms with Crippen molar-refractivity contribution in [3.05, 3.63) is 23.3 Å². The lowest BCUT2D eigenvalue weighted by Crippen LogP contribution is -2.59. The van der Waals surface area contributed by atoms with Crippen molar-refractivity contribution in [2.24, 2.45) is 0 Å². The van der Waals surface area contributed by atoms with Gasteiger partial charge in [-0.05, 0) is 24.4 Å². The van der Waals surface area contributed by atoms with Crippen LogP contribution in [0.2, 0.25) is 6.32 Å². The van der Waals surface area contributed by atoms with Crippen molar-refractivity contribution < 1.29 is 34.2 Å². The topological polar surface area (TPSA) is 141 Å². The first-order chi connectivity index (χ1) is 13.9. The summed E-state index contributed by atoms with van der Waals surface area (Å²) in [6, 6.07) is 2.91. The van der Waals surface area contributed by atoms with E-state index in [0.717, 1.165) is 5.56 Å². The number of aliphatic hydroxyl groups excluding tert-OH is 1. The quantitative estimate of drug-likeness (QED) is 0.284. The Bertz CT molecular complexity index is 800. The Morgan fingerprint density at radius 1 is 1.34 bits per heavy atom. The number of nitrogens with zero attached hydrogens (tertiary/aromatic N) is 1. The van der Waals surface area contributed by atoms with E-state index in [-0.39, 0.29) is 41.4 Å². The van der Waals surface area contributed by atoms with Crippen LogP contribution in [0, 0.1) is 0 Å². The van der Waals surface area contributed by atoms with Gasteiger partial charge in [-0.3, -0.25) is 9.59 Å². The number of benzene rings is 1. The maximum Gasteiger partial charge on any atom is 0.522 e. The monoisotopic (exact) mass is 405 g/mol. The van der Waals surface area contributed by atoms with E-state index < -0.39 is 19.5 Å². The largest absolute Gasteiger partial charge is 0.535 e. The molecule has 2 saturated heterocycles. The number of aliphatic hydroxyl groups is 2. The summed E-state index contributed by atoms with van der Waals surface area (Å²) >= 11 is 0. The van der Waals surface area contributed by atoms with E-state index in [1.54, 1.807) is 17.0 Å². The second kappa shape index (κ2) is 8.19. The van der Waals surface area contributed by atoms with Gasteiger partial charge >= 0.3 is 7.12 Å². The summed E-state index contributed by atoms with van der Waals surface area (Å²) in [6.45, 7) is 1.88. The van der Waals surface area contributed by atoms with Gasteiger partial charge in [-0.2, -0.15) is 0 Å². The van der Waals surface area contributed by atoms with Crippen molar-refractivity contribution in [3.63, 3.8) is 0 Å². The van der Waals surface area contributed by atoms with Gasteiger partial charge in [0, 0.05) is 13.1 Å². The third-order valence-electron chi connectivity index (χ3n) is 5.41. The Morgan fingerprint density at radius 3 is 2.86 bits per heavy atom. The molecule has 0 radical (unpaired) electrons. The van der Waals surface area contributed by atoms with Gasteiger partial charge in [0.2, 0.25) is 11.8 Å². The van der Waals surface area contributed by atoms with Crippen LogP contribution < -0.4 is 20.0 Å². The number of rotatable bonds is 5.